The van der Waals surface area contributed by atoms with Crippen LogP contribution < -0.4 is 0 Å². The van der Waals surface area contributed by atoms with Gasteiger partial charge in [-0.1, -0.05) is 0 Å². The van der Waals surface area contributed by atoms with Crippen molar-refractivity contribution in [1.29, 1.82) is 0 Å². The Kier molecular flexibility index (Phi) is 4.06. The zero-order valence-electron chi connectivity index (χ0n) is 12.5. The van der Waals surface area contributed by atoms with E-state index < -0.39 is 5.97 Å². The number of nitrogens with zero attached hydrogens (tertiary/aromatic N) is 5. The Bertz CT molecular complexity index is 975. The molecule has 2 aromatic heterocycles. The van der Waals surface area contributed by atoms with Gasteiger partial charge in [0, 0.05) is 18.4 Å². The third kappa shape index (κ3) is 2.41. The van der Waals surface area contributed by atoms with Gasteiger partial charge in [0.15, 0.2) is 0 Å². The molecule has 1 amide bonds. The summed E-state index contributed by atoms with van der Waals surface area (Å²) in [6, 6.07) is 0. The molecule has 2 aromatic rings. The molecule has 8 nitrogen and oxygen atoms in total. The number of carbonyl (C=O) groups is 2. The van der Waals surface area contributed by atoms with E-state index in [1.807, 2.05) is 10.7 Å². The number of β-lactam (4-membered cyclic amide) rings is 1. The second kappa shape index (κ2) is 6.01. The van der Waals surface area contributed by atoms with Crippen molar-refractivity contribution in [2.45, 2.75) is 31.2 Å². The quantitative estimate of drug-likeness (QED) is 0.471. The van der Waals surface area contributed by atoms with Crippen molar-refractivity contribution in [3.05, 3.63) is 34.4 Å². The summed E-state index contributed by atoms with van der Waals surface area (Å²) in [5.74, 6) is 0.348. The molecule has 0 bridgehead atoms. The van der Waals surface area contributed by atoms with Gasteiger partial charge in [-0.3, -0.25) is 14.4 Å². The van der Waals surface area contributed by atoms with Gasteiger partial charge in [0.1, 0.15) is 16.9 Å². The second-order valence-corrected chi connectivity index (χ2v) is 6.94. The van der Waals surface area contributed by atoms with Gasteiger partial charge in [-0.15, -0.1) is 11.8 Å². The third-order valence-corrected chi connectivity index (χ3v) is 5.63. The van der Waals surface area contributed by atoms with Gasteiger partial charge >= 0.3 is 35.5 Å². The maximum absolute atomic E-state index is 12.2. The van der Waals surface area contributed by atoms with Crippen molar-refractivity contribution in [2.75, 3.05) is 0 Å². The van der Waals surface area contributed by atoms with E-state index in [0.29, 0.717) is 17.0 Å². The summed E-state index contributed by atoms with van der Waals surface area (Å²) in [6.45, 7) is 0.926. The molecule has 5 rings (SSSR count). The average Bonchev–Trinajstić information content (AvgIpc) is 3.22. The number of thioether (sulfide) groups is 1. The van der Waals surface area contributed by atoms with Crippen LogP contribution in [0.25, 0.3) is 11.9 Å². The van der Waals surface area contributed by atoms with Gasteiger partial charge in [0.2, 0.25) is 0 Å². The van der Waals surface area contributed by atoms with Crippen LogP contribution >= 0.6 is 11.8 Å². The van der Waals surface area contributed by atoms with Crippen LogP contribution in [0.5, 0.6) is 0 Å². The molecular weight excluding hydrogens is 353 g/mol. The number of amides is 1. The second-order valence-electron chi connectivity index (χ2n) is 5.99. The van der Waals surface area contributed by atoms with Crippen LogP contribution in [0.2, 0.25) is 0 Å². The van der Waals surface area contributed by atoms with E-state index in [2.05, 4.69) is 14.6 Å². The number of carboxylic acid groups (broad SMARTS) is 1. The molecule has 0 aromatic carbocycles. The molecule has 3 aliphatic rings. The fraction of sp³-hybridized carbons (Fsp3) is 0.333. The van der Waals surface area contributed by atoms with Crippen LogP contribution in [-0.4, -0.2) is 76.0 Å². The molecule has 5 heterocycles. The Morgan fingerprint density at radius 1 is 1.36 bits per heavy atom. The van der Waals surface area contributed by atoms with Crippen LogP contribution in [0, 0.1) is 0 Å². The number of carboxylic acids is 1. The molecule has 1 fully saturated rings. The number of aliphatic carboxylic acids is 1. The summed E-state index contributed by atoms with van der Waals surface area (Å²) in [5.41, 5.74) is 1.29. The number of fused-ring (bicyclic) bond motifs is 4. The summed E-state index contributed by atoms with van der Waals surface area (Å²) in [6.07, 6.45) is 6.86. The van der Waals surface area contributed by atoms with Gasteiger partial charge in [-0.25, -0.2) is 14.3 Å². The van der Waals surface area contributed by atoms with Crippen molar-refractivity contribution < 1.29 is 14.7 Å². The van der Waals surface area contributed by atoms with Crippen LogP contribution in [-0.2, 0) is 22.6 Å². The van der Waals surface area contributed by atoms with E-state index in [-0.39, 0.29) is 46.5 Å². The number of imidazole rings is 1. The fourth-order valence-corrected chi connectivity index (χ4v) is 4.51. The summed E-state index contributed by atoms with van der Waals surface area (Å²) in [4.78, 5) is 33.7. The van der Waals surface area contributed by atoms with Gasteiger partial charge in [0.25, 0.3) is 11.7 Å². The SMILES string of the molecule is O=C(O)C1=CSC2C(=Cc3cn4c(n3)nc3n4CCCC3)C(=O)N12.[NaH]. The van der Waals surface area contributed by atoms with Gasteiger partial charge in [0.05, 0.1) is 17.5 Å². The number of rotatable bonds is 2. The van der Waals surface area contributed by atoms with Crippen LogP contribution in [0.1, 0.15) is 24.4 Å². The van der Waals surface area contributed by atoms with Gasteiger partial charge in [-0.05, 0) is 18.9 Å². The molecule has 0 spiro atoms. The first-order chi connectivity index (χ1) is 11.6. The van der Waals surface area contributed by atoms with Crippen molar-refractivity contribution in [3.63, 3.8) is 0 Å². The molecule has 0 aliphatic carbocycles. The van der Waals surface area contributed by atoms with E-state index in [4.69, 9.17) is 5.11 Å². The Hall–Kier alpha value is -1.55. The van der Waals surface area contributed by atoms with E-state index in [1.165, 1.54) is 22.1 Å². The molecular formula is C15H14N5NaO3S. The summed E-state index contributed by atoms with van der Waals surface area (Å²) >= 11 is 1.33. The first-order valence-corrected chi connectivity index (χ1v) is 8.66. The molecule has 1 N–H and O–H groups in total. The minimum atomic E-state index is -1.08. The van der Waals surface area contributed by atoms with Crippen molar-refractivity contribution in [3.8, 4) is 0 Å². The molecule has 25 heavy (non-hydrogen) atoms. The van der Waals surface area contributed by atoms with Gasteiger partial charge in [-0.2, -0.15) is 4.98 Å². The fourth-order valence-electron chi connectivity index (χ4n) is 3.39. The first kappa shape index (κ1) is 16.9. The van der Waals surface area contributed by atoms with Crippen LogP contribution in [0.15, 0.2) is 22.9 Å². The van der Waals surface area contributed by atoms with Crippen molar-refractivity contribution >= 4 is 65.0 Å². The standard InChI is InChI=1S/C15H13N5O3S.Na.H/c21-12-9(13-20(12)10(7-24-13)14(22)23)5-8-6-19-15(16-8)17-11-3-1-2-4-18(11)19;;/h5-7,13H,1-4H2,(H,22,23);;. The normalized spacial score (nSPS) is 23.1. The molecule has 0 saturated carbocycles. The first-order valence-electron chi connectivity index (χ1n) is 7.72. The molecule has 1 unspecified atom stereocenters. The molecule has 1 atom stereocenters. The predicted molar refractivity (Wildman–Crippen MR) is 93.0 cm³/mol. The Labute approximate surface area is 168 Å². The predicted octanol–water partition coefficient (Wildman–Crippen LogP) is 0.443. The zero-order valence-corrected chi connectivity index (χ0v) is 13.4. The third-order valence-electron chi connectivity index (χ3n) is 4.55. The van der Waals surface area contributed by atoms with E-state index >= 15 is 0 Å². The number of hydrogen-bond donors (Lipinski definition) is 1. The molecule has 10 heteroatoms. The average molecular weight is 367 g/mol. The Morgan fingerprint density at radius 2 is 2.20 bits per heavy atom. The molecule has 1 saturated heterocycles. The molecule has 124 valence electrons. The summed E-state index contributed by atoms with van der Waals surface area (Å²) in [5, 5.41) is 10.3. The topological polar surface area (TPSA) is 92.7 Å². The van der Waals surface area contributed by atoms with Crippen LogP contribution in [0.3, 0.4) is 0 Å². The van der Waals surface area contributed by atoms with E-state index in [1.54, 1.807) is 6.08 Å². The number of aromatic nitrogens is 4. The zero-order chi connectivity index (χ0) is 16.4. The molecule has 3 aliphatic heterocycles. The Balaban J connectivity index is 0.00000157. The summed E-state index contributed by atoms with van der Waals surface area (Å²) < 4.78 is 4.06. The molecule has 0 radical (unpaired) electrons. The summed E-state index contributed by atoms with van der Waals surface area (Å²) in [7, 11) is 0. The van der Waals surface area contributed by atoms with Crippen molar-refractivity contribution in [1.82, 2.24) is 24.1 Å². The number of carbonyl (C=O) groups excluding carboxylic acids is 1. The minimum absolute atomic E-state index is 0. The number of hydrogen-bond acceptors (Lipinski definition) is 5. The van der Waals surface area contributed by atoms with Crippen molar-refractivity contribution in [2.24, 2.45) is 0 Å². The van der Waals surface area contributed by atoms with Gasteiger partial charge < -0.3 is 5.11 Å². The van der Waals surface area contributed by atoms with E-state index in [9.17, 15) is 9.59 Å². The monoisotopic (exact) mass is 367 g/mol. The van der Waals surface area contributed by atoms with Crippen LogP contribution in [0.4, 0.5) is 0 Å². The Morgan fingerprint density at radius 3 is 3.00 bits per heavy atom. The maximum atomic E-state index is 12.2. The van der Waals surface area contributed by atoms with E-state index in [0.717, 1.165) is 31.6 Å². The number of aryl methyl sites for hydroxylation is 2.